The van der Waals surface area contributed by atoms with Gasteiger partial charge in [-0.05, 0) is 48.9 Å². The van der Waals surface area contributed by atoms with Crippen molar-refractivity contribution >= 4 is 11.5 Å². The number of methoxy groups -OCH3 is 2. The van der Waals surface area contributed by atoms with Gasteiger partial charge in [0, 0.05) is 5.56 Å². The first-order valence-corrected chi connectivity index (χ1v) is 8.42. The quantitative estimate of drug-likeness (QED) is 0.836. The van der Waals surface area contributed by atoms with E-state index in [4.69, 9.17) is 19.6 Å². The Bertz CT molecular complexity index is 813. The van der Waals surface area contributed by atoms with Gasteiger partial charge in [0.25, 0.3) is 0 Å². The van der Waals surface area contributed by atoms with Gasteiger partial charge in [-0.2, -0.15) is 0 Å². The molecule has 1 unspecified atom stereocenters. The number of hydrogen-bond donors (Lipinski definition) is 2. The fourth-order valence-corrected chi connectivity index (χ4v) is 2.87. The molecule has 26 heavy (non-hydrogen) atoms. The van der Waals surface area contributed by atoms with Crippen molar-refractivity contribution < 1.29 is 14.6 Å². The number of rotatable bonds is 6. The van der Waals surface area contributed by atoms with Gasteiger partial charge >= 0.3 is 0 Å². The van der Waals surface area contributed by atoms with Crippen LogP contribution in [0.3, 0.4) is 0 Å². The summed E-state index contributed by atoms with van der Waals surface area (Å²) in [5.41, 5.74) is 2.06. The van der Waals surface area contributed by atoms with Crippen molar-refractivity contribution in [1.29, 1.82) is 0 Å². The van der Waals surface area contributed by atoms with Crippen molar-refractivity contribution in [2.75, 3.05) is 27.4 Å². The van der Waals surface area contributed by atoms with Crippen LogP contribution in [0.4, 0.5) is 0 Å². The minimum atomic E-state index is -0.643. The number of nitrogens with zero attached hydrogens (tertiary/aromatic N) is 2. The second kappa shape index (κ2) is 7.58. The van der Waals surface area contributed by atoms with E-state index in [2.05, 4.69) is 10.3 Å². The van der Waals surface area contributed by atoms with Gasteiger partial charge < -0.3 is 19.9 Å². The van der Waals surface area contributed by atoms with E-state index < -0.39 is 5.66 Å². The number of ether oxygens (including phenoxy) is 2. The van der Waals surface area contributed by atoms with Crippen LogP contribution < -0.4 is 14.8 Å². The van der Waals surface area contributed by atoms with Gasteiger partial charge in [0.15, 0.2) is 5.66 Å². The van der Waals surface area contributed by atoms with Crippen LogP contribution in [0.1, 0.15) is 18.1 Å². The van der Waals surface area contributed by atoms with Crippen molar-refractivity contribution in [1.82, 2.24) is 5.32 Å². The average Bonchev–Trinajstić information content (AvgIpc) is 3.04. The normalized spacial score (nSPS) is 20.6. The summed E-state index contributed by atoms with van der Waals surface area (Å²) in [7, 11) is 3.28. The summed E-state index contributed by atoms with van der Waals surface area (Å²) in [5, 5.41) is 12.5. The lowest BCUT2D eigenvalue weighted by molar-refractivity contribution is 0.306. The van der Waals surface area contributed by atoms with Crippen LogP contribution in [0, 0.1) is 0 Å². The highest BCUT2D eigenvalue weighted by molar-refractivity contribution is 6.49. The maximum Gasteiger partial charge on any atom is 0.154 e. The van der Waals surface area contributed by atoms with E-state index >= 15 is 0 Å². The molecule has 0 bridgehead atoms. The Morgan fingerprint density at radius 3 is 2.12 bits per heavy atom. The van der Waals surface area contributed by atoms with Crippen molar-refractivity contribution in [3.63, 3.8) is 0 Å². The van der Waals surface area contributed by atoms with E-state index in [0.29, 0.717) is 12.4 Å². The number of hydrogen-bond acceptors (Lipinski definition) is 5. The van der Waals surface area contributed by atoms with Gasteiger partial charge in [-0.3, -0.25) is 4.99 Å². The number of amidine groups is 1. The van der Waals surface area contributed by atoms with Gasteiger partial charge in [0.1, 0.15) is 23.0 Å². The molecule has 1 atom stereocenters. The molecule has 0 radical (unpaired) electrons. The third-order valence-electron chi connectivity index (χ3n) is 4.31. The molecule has 1 aliphatic heterocycles. The lowest BCUT2D eigenvalue weighted by Gasteiger charge is -2.22. The maximum absolute atomic E-state index is 9.15. The molecule has 136 valence electrons. The molecule has 0 saturated heterocycles. The van der Waals surface area contributed by atoms with E-state index in [1.807, 2.05) is 55.5 Å². The van der Waals surface area contributed by atoms with E-state index in [1.54, 1.807) is 14.2 Å². The lowest BCUT2D eigenvalue weighted by atomic mass is 10.0. The monoisotopic (exact) mass is 353 g/mol. The molecule has 3 rings (SSSR count). The third kappa shape index (κ3) is 3.55. The zero-order valence-corrected chi connectivity index (χ0v) is 15.2. The predicted octanol–water partition coefficient (Wildman–Crippen LogP) is 2.36. The van der Waals surface area contributed by atoms with E-state index in [0.717, 1.165) is 28.3 Å². The molecule has 0 amide bonds. The highest BCUT2D eigenvalue weighted by atomic mass is 16.5. The van der Waals surface area contributed by atoms with E-state index in [9.17, 15) is 0 Å². The SMILES string of the molecule is COc1ccc(C2=NC(C)(c3ccc(OC)cc3)NC2=NCCO)cc1. The second-order valence-corrected chi connectivity index (χ2v) is 6.07. The van der Waals surface area contributed by atoms with Crippen molar-refractivity contribution in [3.05, 3.63) is 59.7 Å². The zero-order chi connectivity index (χ0) is 18.6. The maximum atomic E-state index is 9.15. The van der Waals surface area contributed by atoms with Crippen LogP contribution in [-0.2, 0) is 5.66 Å². The van der Waals surface area contributed by atoms with Gasteiger partial charge in [0.05, 0.1) is 27.4 Å². The van der Waals surface area contributed by atoms with Crippen molar-refractivity contribution in [2.24, 2.45) is 9.98 Å². The number of aliphatic hydroxyl groups excluding tert-OH is 1. The predicted molar refractivity (Wildman–Crippen MR) is 102 cm³/mol. The fraction of sp³-hybridized carbons (Fsp3) is 0.300. The number of aliphatic hydroxyl groups is 1. The molecule has 0 saturated carbocycles. The first-order valence-electron chi connectivity index (χ1n) is 8.42. The minimum Gasteiger partial charge on any atom is -0.497 e. The summed E-state index contributed by atoms with van der Waals surface area (Å²) in [5.74, 6) is 2.25. The molecule has 6 nitrogen and oxygen atoms in total. The summed E-state index contributed by atoms with van der Waals surface area (Å²) < 4.78 is 10.5. The zero-order valence-electron chi connectivity index (χ0n) is 15.2. The number of aliphatic imine (C=N–C) groups is 2. The molecule has 2 aromatic carbocycles. The topological polar surface area (TPSA) is 75.4 Å². The molecule has 0 spiro atoms. The lowest BCUT2D eigenvalue weighted by Crippen LogP contribution is -2.37. The standard InChI is InChI=1S/C20H23N3O3/c1-20(15-6-10-17(26-3)11-7-15)22-18(19(23-20)21-12-13-24)14-4-8-16(25-2)9-5-14/h4-11,24H,12-13H2,1-3H3,(H,21,23). The molecule has 0 aromatic heterocycles. The molecule has 1 aliphatic rings. The minimum absolute atomic E-state index is 0.0136. The molecule has 2 aromatic rings. The Kier molecular flexibility index (Phi) is 5.23. The highest BCUT2D eigenvalue weighted by Gasteiger charge is 2.35. The van der Waals surface area contributed by atoms with E-state index in [-0.39, 0.29) is 6.61 Å². The summed E-state index contributed by atoms with van der Waals surface area (Å²) in [6.07, 6.45) is 0. The summed E-state index contributed by atoms with van der Waals surface area (Å²) >= 11 is 0. The molecule has 0 aliphatic carbocycles. The average molecular weight is 353 g/mol. The molecule has 0 fully saturated rings. The largest absolute Gasteiger partial charge is 0.497 e. The van der Waals surface area contributed by atoms with Gasteiger partial charge in [-0.15, -0.1) is 0 Å². The molecule has 2 N–H and O–H groups in total. The summed E-state index contributed by atoms with van der Waals surface area (Å²) in [4.78, 5) is 9.38. The van der Waals surface area contributed by atoms with Gasteiger partial charge in [0.2, 0.25) is 0 Å². The smallest absolute Gasteiger partial charge is 0.154 e. The van der Waals surface area contributed by atoms with Crippen LogP contribution in [0.5, 0.6) is 11.5 Å². The molecule has 6 heteroatoms. The van der Waals surface area contributed by atoms with Crippen LogP contribution >= 0.6 is 0 Å². The Hall–Kier alpha value is -2.86. The summed E-state index contributed by atoms with van der Waals surface area (Å²) in [6, 6.07) is 15.5. The third-order valence-corrected chi connectivity index (χ3v) is 4.31. The van der Waals surface area contributed by atoms with Crippen molar-refractivity contribution in [3.8, 4) is 11.5 Å². The molecule has 1 heterocycles. The fourth-order valence-electron chi connectivity index (χ4n) is 2.87. The number of benzene rings is 2. The van der Waals surface area contributed by atoms with Crippen LogP contribution in [0.2, 0.25) is 0 Å². The Balaban J connectivity index is 2.00. The highest BCUT2D eigenvalue weighted by Crippen LogP contribution is 2.30. The number of nitrogens with one attached hydrogen (secondary N) is 1. The molecular formula is C20H23N3O3. The molecular weight excluding hydrogens is 330 g/mol. The second-order valence-electron chi connectivity index (χ2n) is 6.07. The Morgan fingerprint density at radius 1 is 1.00 bits per heavy atom. The van der Waals surface area contributed by atoms with E-state index in [1.165, 1.54) is 0 Å². The van der Waals surface area contributed by atoms with Crippen LogP contribution in [-0.4, -0.2) is 44.0 Å². The Labute approximate surface area is 153 Å². The van der Waals surface area contributed by atoms with Crippen molar-refractivity contribution in [2.45, 2.75) is 12.6 Å². The first-order chi connectivity index (χ1) is 12.6. The summed E-state index contributed by atoms with van der Waals surface area (Å²) in [6.45, 7) is 2.30. The Morgan fingerprint density at radius 2 is 1.58 bits per heavy atom. The first kappa shape index (κ1) is 17.9. The van der Waals surface area contributed by atoms with Gasteiger partial charge in [-0.1, -0.05) is 12.1 Å². The van der Waals surface area contributed by atoms with Crippen LogP contribution in [0.25, 0.3) is 0 Å². The van der Waals surface area contributed by atoms with Crippen LogP contribution in [0.15, 0.2) is 58.5 Å². The van der Waals surface area contributed by atoms with Gasteiger partial charge in [-0.25, -0.2) is 4.99 Å².